The number of hydrogen-bond acceptors (Lipinski definition) is 7. The zero-order chi connectivity index (χ0) is 23.1. The maximum Gasteiger partial charge on any atom is 0.339 e. The molecule has 9 nitrogen and oxygen atoms in total. The number of esters is 1. The molecule has 1 aliphatic heterocycles. The predicted molar refractivity (Wildman–Crippen MR) is 115 cm³/mol. The highest BCUT2D eigenvalue weighted by molar-refractivity contribution is 8.00. The van der Waals surface area contributed by atoms with Gasteiger partial charge in [-0.15, -0.1) is 11.8 Å². The van der Waals surface area contributed by atoms with Crippen LogP contribution >= 0.6 is 11.8 Å². The van der Waals surface area contributed by atoms with E-state index in [-0.39, 0.29) is 22.9 Å². The molecule has 0 aromatic heterocycles. The normalized spacial score (nSPS) is 13.0. The van der Waals surface area contributed by atoms with Gasteiger partial charge in [-0.3, -0.25) is 19.7 Å². The number of amides is 2. The Bertz CT molecular complexity index is 1040. The zero-order valence-electron chi connectivity index (χ0n) is 16.9. The maximum atomic E-state index is 13.4. The fourth-order valence-corrected chi connectivity index (χ4v) is 4.04. The Balaban J connectivity index is 1.55. The molecule has 32 heavy (non-hydrogen) atoms. The largest absolute Gasteiger partial charge is 0.452 e. The van der Waals surface area contributed by atoms with Crippen LogP contribution in [-0.2, 0) is 14.3 Å². The van der Waals surface area contributed by atoms with Crippen molar-refractivity contribution in [3.8, 4) is 0 Å². The summed E-state index contributed by atoms with van der Waals surface area (Å²) in [5.41, 5.74) is -0.568. The molecule has 0 radical (unpaired) electrons. The van der Waals surface area contributed by atoms with Gasteiger partial charge >= 0.3 is 11.7 Å². The van der Waals surface area contributed by atoms with Crippen LogP contribution in [0.5, 0.6) is 0 Å². The molecule has 11 heteroatoms. The highest BCUT2D eigenvalue weighted by atomic mass is 32.2. The van der Waals surface area contributed by atoms with Crippen LogP contribution in [0, 0.1) is 15.9 Å². The molecule has 2 aromatic rings. The molecule has 1 fully saturated rings. The molecule has 1 aliphatic rings. The van der Waals surface area contributed by atoms with Crippen molar-refractivity contribution in [1.82, 2.24) is 4.90 Å². The van der Waals surface area contributed by atoms with Gasteiger partial charge in [-0.1, -0.05) is 12.1 Å². The lowest BCUT2D eigenvalue weighted by Crippen LogP contribution is -2.29. The van der Waals surface area contributed by atoms with Gasteiger partial charge in [-0.25, -0.2) is 4.79 Å². The van der Waals surface area contributed by atoms with Crippen LogP contribution < -0.4 is 5.32 Å². The van der Waals surface area contributed by atoms with Crippen molar-refractivity contribution in [2.75, 3.05) is 30.8 Å². The molecule has 0 spiro atoms. The Kier molecular flexibility index (Phi) is 7.77. The van der Waals surface area contributed by atoms with Crippen molar-refractivity contribution in [3.05, 3.63) is 64.0 Å². The van der Waals surface area contributed by atoms with E-state index in [4.69, 9.17) is 4.74 Å². The molecular weight excluding hydrogens is 441 g/mol. The summed E-state index contributed by atoms with van der Waals surface area (Å²) >= 11 is 1.22. The van der Waals surface area contributed by atoms with E-state index in [0.29, 0.717) is 4.90 Å². The predicted octanol–water partition coefficient (Wildman–Crippen LogP) is 3.24. The number of anilines is 1. The Morgan fingerprint density at radius 2 is 1.88 bits per heavy atom. The maximum absolute atomic E-state index is 13.4. The highest BCUT2D eigenvalue weighted by Gasteiger charge is 2.20. The van der Waals surface area contributed by atoms with Crippen molar-refractivity contribution in [2.24, 2.45) is 0 Å². The van der Waals surface area contributed by atoms with E-state index in [1.54, 1.807) is 23.1 Å². The Morgan fingerprint density at radius 1 is 1.16 bits per heavy atom. The van der Waals surface area contributed by atoms with E-state index < -0.39 is 34.9 Å². The van der Waals surface area contributed by atoms with Gasteiger partial charge in [0, 0.05) is 29.7 Å². The van der Waals surface area contributed by atoms with Crippen LogP contribution in [0.15, 0.2) is 47.4 Å². The summed E-state index contributed by atoms with van der Waals surface area (Å²) in [5, 5.41) is 13.1. The Morgan fingerprint density at radius 3 is 2.59 bits per heavy atom. The molecule has 0 atom stereocenters. The third-order valence-electron chi connectivity index (χ3n) is 4.68. The van der Waals surface area contributed by atoms with Gasteiger partial charge < -0.3 is 15.0 Å². The van der Waals surface area contributed by atoms with Crippen LogP contribution in [0.3, 0.4) is 0 Å². The SMILES string of the molecule is O=C(COC(=O)c1ccccc1SCC(=O)N1CCCC1)Nc1ccc(F)c([N+](=O)[O-])c1. The molecule has 0 unspecified atom stereocenters. The molecule has 1 saturated heterocycles. The highest BCUT2D eigenvalue weighted by Crippen LogP contribution is 2.25. The molecule has 0 aliphatic carbocycles. The summed E-state index contributed by atoms with van der Waals surface area (Å²) in [6.07, 6.45) is 1.99. The van der Waals surface area contributed by atoms with Gasteiger partial charge in [0.05, 0.1) is 16.2 Å². The monoisotopic (exact) mass is 461 g/mol. The van der Waals surface area contributed by atoms with E-state index in [0.717, 1.165) is 44.1 Å². The first-order valence-corrected chi connectivity index (χ1v) is 10.7. The number of carbonyl (C=O) groups is 3. The summed E-state index contributed by atoms with van der Waals surface area (Å²) in [4.78, 5) is 49.0. The summed E-state index contributed by atoms with van der Waals surface area (Å²) in [6, 6.07) is 9.48. The molecule has 3 rings (SSSR count). The second-order valence-electron chi connectivity index (χ2n) is 6.92. The van der Waals surface area contributed by atoms with Crippen LogP contribution in [0.25, 0.3) is 0 Å². The number of ether oxygens (including phenoxy) is 1. The van der Waals surface area contributed by atoms with Gasteiger partial charge in [-0.05, 0) is 37.1 Å². The number of likely N-dealkylation sites (tertiary alicyclic amines) is 1. The van der Waals surface area contributed by atoms with E-state index >= 15 is 0 Å². The van der Waals surface area contributed by atoms with E-state index in [1.165, 1.54) is 17.8 Å². The molecule has 1 N–H and O–H groups in total. The summed E-state index contributed by atoms with van der Waals surface area (Å²) in [6.45, 7) is 0.848. The number of carbonyl (C=O) groups excluding carboxylic acids is 3. The Hall–Kier alpha value is -3.47. The summed E-state index contributed by atoms with van der Waals surface area (Å²) < 4.78 is 18.4. The van der Waals surface area contributed by atoms with E-state index in [1.807, 2.05) is 0 Å². The molecular formula is C21H20FN3O6S. The van der Waals surface area contributed by atoms with Crippen LogP contribution in [0.1, 0.15) is 23.2 Å². The van der Waals surface area contributed by atoms with Crippen LogP contribution in [0.2, 0.25) is 0 Å². The summed E-state index contributed by atoms with van der Waals surface area (Å²) in [7, 11) is 0. The number of rotatable bonds is 8. The second-order valence-corrected chi connectivity index (χ2v) is 7.94. The minimum absolute atomic E-state index is 0.00318. The smallest absolute Gasteiger partial charge is 0.339 e. The molecule has 2 amide bonds. The number of nitro benzene ring substituents is 1. The van der Waals surface area contributed by atoms with Crippen molar-refractivity contribution >= 4 is 40.9 Å². The van der Waals surface area contributed by atoms with Crippen LogP contribution in [0.4, 0.5) is 15.8 Å². The van der Waals surface area contributed by atoms with Crippen LogP contribution in [-0.4, -0.2) is 53.1 Å². The van der Waals surface area contributed by atoms with Crippen molar-refractivity contribution in [2.45, 2.75) is 17.7 Å². The van der Waals surface area contributed by atoms with Gasteiger partial charge in [0.25, 0.3) is 5.91 Å². The average Bonchev–Trinajstić information content (AvgIpc) is 3.32. The molecule has 1 heterocycles. The molecule has 0 bridgehead atoms. The fraction of sp³-hybridized carbons (Fsp3) is 0.286. The Labute approximate surface area is 187 Å². The first-order valence-electron chi connectivity index (χ1n) is 9.75. The van der Waals surface area contributed by atoms with Gasteiger partial charge in [0.1, 0.15) is 0 Å². The van der Waals surface area contributed by atoms with E-state index in [9.17, 15) is 28.9 Å². The minimum Gasteiger partial charge on any atom is -0.452 e. The number of nitrogens with zero attached hydrogens (tertiary/aromatic N) is 2. The lowest BCUT2D eigenvalue weighted by atomic mass is 10.2. The molecule has 2 aromatic carbocycles. The quantitative estimate of drug-likeness (QED) is 0.277. The number of nitrogens with one attached hydrogen (secondary N) is 1. The molecule has 168 valence electrons. The van der Waals surface area contributed by atoms with Crippen molar-refractivity contribution in [1.29, 1.82) is 0 Å². The third kappa shape index (κ3) is 6.03. The average molecular weight is 461 g/mol. The lowest BCUT2D eigenvalue weighted by Gasteiger charge is -2.15. The summed E-state index contributed by atoms with van der Waals surface area (Å²) in [5.74, 6) is -2.33. The minimum atomic E-state index is -1.03. The van der Waals surface area contributed by atoms with Gasteiger partial charge in [-0.2, -0.15) is 4.39 Å². The van der Waals surface area contributed by atoms with Crippen molar-refractivity contribution in [3.63, 3.8) is 0 Å². The van der Waals surface area contributed by atoms with Crippen molar-refractivity contribution < 1.29 is 28.4 Å². The van der Waals surface area contributed by atoms with Gasteiger partial charge in [0.2, 0.25) is 11.7 Å². The van der Waals surface area contributed by atoms with E-state index in [2.05, 4.69) is 5.32 Å². The number of benzene rings is 2. The number of halogens is 1. The fourth-order valence-electron chi connectivity index (χ4n) is 3.09. The lowest BCUT2D eigenvalue weighted by molar-refractivity contribution is -0.387. The molecule has 0 saturated carbocycles. The zero-order valence-corrected chi connectivity index (χ0v) is 17.7. The first kappa shape index (κ1) is 23.2. The number of thioether (sulfide) groups is 1. The third-order valence-corrected chi connectivity index (χ3v) is 5.74. The first-order chi connectivity index (χ1) is 15.3. The standard InChI is InChI=1S/C21H20FN3O6S/c22-16-8-7-14(11-17(16)25(29)30)23-19(26)12-31-21(28)15-5-1-2-6-18(15)32-13-20(27)24-9-3-4-10-24/h1-2,5-8,11H,3-4,9-10,12-13H2,(H,23,26). The van der Waals surface area contributed by atoms with Gasteiger partial charge in [0.15, 0.2) is 6.61 Å². The number of hydrogen-bond donors (Lipinski definition) is 1. The number of nitro groups is 1. The topological polar surface area (TPSA) is 119 Å². The second kappa shape index (κ2) is 10.7.